The molecule has 1 aliphatic carbocycles. The minimum absolute atomic E-state index is 0.0871. The van der Waals surface area contributed by atoms with E-state index in [1.165, 1.54) is 0 Å². The Morgan fingerprint density at radius 2 is 1.84 bits per heavy atom. The molecule has 0 aromatic heterocycles. The lowest BCUT2D eigenvalue weighted by molar-refractivity contribution is -0.147. The van der Waals surface area contributed by atoms with E-state index in [9.17, 15) is 19.2 Å². The Kier molecular flexibility index (Phi) is 6.53. The summed E-state index contributed by atoms with van der Waals surface area (Å²) < 4.78 is 5.07. The summed E-state index contributed by atoms with van der Waals surface area (Å²) in [6.07, 6.45) is 4.02. The molecule has 7 nitrogen and oxygen atoms in total. The fourth-order valence-electron chi connectivity index (χ4n) is 5.20. The number of nitrogens with zero attached hydrogens (tertiary/aromatic N) is 1. The molecule has 2 atom stereocenters. The molecule has 0 unspecified atom stereocenters. The van der Waals surface area contributed by atoms with Crippen LogP contribution in [0.1, 0.15) is 69.3 Å². The number of urea groups is 1. The lowest BCUT2D eigenvalue weighted by atomic mass is 9.64. The molecule has 2 aliphatic rings. The molecule has 3 rings (SSSR count). The molecular formula is C24H32N2O5. The maximum absolute atomic E-state index is 13.1. The summed E-state index contributed by atoms with van der Waals surface area (Å²) >= 11 is 0. The molecule has 1 saturated carbocycles. The molecule has 0 radical (unpaired) electrons. The third-order valence-electron chi connectivity index (χ3n) is 6.09. The quantitative estimate of drug-likeness (QED) is 0.408. The summed E-state index contributed by atoms with van der Waals surface area (Å²) in [4.78, 5) is 51.0. The molecule has 1 aromatic rings. The maximum atomic E-state index is 13.1. The second-order valence-electron chi connectivity index (χ2n) is 9.79. The number of Topliss-reactive ketones (excluding diaryl/α,β-unsaturated/α-hetero) is 1. The number of ketones is 1. The summed E-state index contributed by atoms with van der Waals surface area (Å²) in [5.74, 6) is -1.21. The van der Waals surface area contributed by atoms with Gasteiger partial charge in [-0.15, -0.1) is 0 Å². The van der Waals surface area contributed by atoms with Crippen LogP contribution in [0.3, 0.4) is 0 Å². The number of esters is 1. The van der Waals surface area contributed by atoms with Gasteiger partial charge >= 0.3 is 12.0 Å². The van der Waals surface area contributed by atoms with Crippen LogP contribution in [-0.2, 0) is 20.7 Å². The van der Waals surface area contributed by atoms with Crippen LogP contribution < -0.4 is 5.32 Å². The zero-order valence-electron chi connectivity index (χ0n) is 18.8. The first-order valence-corrected chi connectivity index (χ1v) is 11.0. The Morgan fingerprint density at radius 3 is 2.45 bits per heavy atom. The molecule has 2 fully saturated rings. The minimum Gasteiger partial charge on any atom is -0.456 e. The highest BCUT2D eigenvalue weighted by molar-refractivity contribution is 6.09. The average molecular weight is 429 g/mol. The molecule has 1 spiro atoms. The van der Waals surface area contributed by atoms with Crippen molar-refractivity contribution in [1.82, 2.24) is 10.2 Å². The van der Waals surface area contributed by atoms with Gasteiger partial charge in [0.1, 0.15) is 12.1 Å². The number of hydrogen-bond donors (Lipinski definition) is 1. The summed E-state index contributed by atoms with van der Waals surface area (Å²) in [5.41, 5.74) is 0.550. The van der Waals surface area contributed by atoms with Crippen molar-refractivity contribution in [2.24, 2.45) is 11.3 Å². The maximum Gasteiger partial charge on any atom is 0.326 e. The largest absolute Gasteiger partial charge is 0.456 e. The molecule has 0 bridgehead atoms. The predicted octanol–water partition coefficient (Wildman–Crippen LogP) is 3.50. The van der Waals surface area contributed by atoms with E-state index in [0.29, 0.717) is 18.4 Å². The first-order valence-electron chi connectivity index (χ1n) is 11.0. The van der Waals surface area contributed by atoms with Crippen LogP contribution in [0.5, 0.6) is 0 Å². The van der Waals surface area contributed by atoms with E-state index < -0.39 is 30.7 Å². The smallest absolute Gasteiger partial charge is 0.326 e. The van der Waals surface area contributed by atoms with E-state index >= 15 is 0 Å². The minimum atomic E-state index is -0.964. The van der Waals surface area contributed by atoms with Gasteiger partial charge in [-0.2, -0.15) is 0 Å². The fraction of sp³-hybridized carbons (Fsp3) is 0.583. The van der Waals surface area contributed by atoms with Crippen LogP contribution in [0.15, 0.2) is 24.3 Å². The fourth-order valence-corrected chi connectivity index (χ4v) is 5.20. The third-order valence-corrected chi connectivity index (χ3v) is 6.09. The van der Waals surface area contributed by atoms with Crippen molar-refractivity contribution in [2.75, 3.05) is 13.2 Å². The van der Waals surface area contributed by atoms with E-state index in [1.807, 2.05) is 12.1 Å². The van der Waals surface area contributed by atoms with Gasteiger partial charge in [0.25, 0.3) is 5.91 Å². The number of rotatable bonds is 7. The van der Waals surface area contributed by atoms with Gasteiger partial charge in [-0.05, 0) is 42.6 Å². The van der Waals surface area contributed by atoms with Crippen LogP contribution in [0.25, 0.3) is 0 Å². The number of aryl methyl sites for hydroxylation is 1. The number of carbonyl (C=O) groups excluding carboxylic acids is 4. The Labute approximate surface area is 183 Å². The van der Waals surface area contributed by atoms with Crippen LogP contribution in [0.4, 0.5) is 4.79 Å². The van der Waals surface area contributed by atoms with Crippen molar-refractivity contribution >= 4 is 23.7 Å². The summed E-state index contributed by atoms with van der Waals surface area (Å²) in [6, 6.07) is 6.63. The van der Waals surface area contributed by atoms with E-state index in [1.54, 1.807) is 12.1 Å². The molecule has 168 valence electrons. The van der Waals surface area contributed by atoms with Crippen molar-refractivity contribution in [3.63, 3.8) is 0 Å². The summed E-state index contributed by atoms with van der Waals surface area (Å²) in [6.45, 7) is 7.40. The first-order chi connectivity index (χ1) is 14.5. The van der Waals surface area contributed by atoms with Crippen molar-refractivity contribution in [3.8, 4) is 0 Å². The highest BCUT2D eigenvalue weighted by Gasteiger charge is 2.56. The van der Waals surface area contributed by atoms with Crippen LogP contribution >= 0.6 is 0 Å². The van der Waals surface area contributed by atoms with Gasteiger partial charge in [0.15, 0.2) is 12.4 Å². The topological polar surface area (TPSA) is 92.8 Å². The molecule has 31 heavy (non-hydrogen) atoms. The Hall–Kier alpha value is -2.70. The average Bonchev–Trinajstić information content (AvgIpc) is 2.88. The van der Waals surface area contributed by atoms with Gasteiger partial charge in [-0.3, -0.25) is 19.3 Å². The molecule has 1 aliphatic heterocycles. The van der Waals surface area contributed by atoms with E-state index in [0.717, 1.165) is 29.7 Å². The zero-order valence-corrected chi connectivity index (χ0v) is 18.8. The van der Waals surface area contributed by atoms with Gasteiger partial charge in [0.05, 0.1) is 0 Å². The van der Waals surface area contributed by atoms with Gasteiger partial charge < -0.3 is 10.1 Å². The van der Waals surface area contributed by atoms with Gasteiger partial charge in [0.2, 0.25) is 0 Å². The molecular weight excluding hydrogens is 396 g/mol. The number of amides is 3. The molecule has 1 aromatic carbocycles. The van der Waals surface area contributed by atoms with E-state index in [4.69, 9.17) is 4.74 Å². The van der Waals surface area contributed by atoms with Crippen LogP contribution in [0.2, 0.25) is 0 Å². The third kappa shape index (κ3) is 5.14. The molecule has 1 saturated heterocycles. The lowest BCUT2D eigenvalue weighted by Gasteiger charge is -2.43. The van der Waals surface area contributed by atoms with E-state index in [2.05, 4.69) is 33.0 Å². The van der Waals surface area contributed by atoms with Crippen LogP contribution in [-0.4, -0.2) is 47.3 Å². The van der Waals surface area contributed by atoms with Crippen molar-refractivity contribution in [2.45, 2.75) is 65.3 Å². The first kappa shape index (κ1) is 23.0. The Balaban J connectivity index is 1.57. The summed E-state index contributed by atoms with van der Waals surface area (Å²) in [7, 11) is 0. The number of hydrogen-bond acceptors (Lipinski definition) is 5. The van der Waals surface area contributed by atoms with Crippen molar-refractivity contribution in [3.05, 3.63) is 35.4 Å². The van der Waals surface area contributed by atoms with Crippen molar-refractivity contribution in [1.29, 1.82) is 0 Å². The standard InChI is InChI=1S/C24H32N2O5/c1-5-6-17-7-9-18(10-8-17)19(27)14-31-20(28)13-26-21(29)24(25-22(26)30)12-16(2)11-23(3,4)15-24/h7-10,16H,5-6,11-15H2,1-4H3,(H,25,30)/t16-,24+/m0/s1. The number of nitrogens with one attached hydrogen (secondary N) is 1. The lowest BCUT2D eigenvalue weighted by Crippen LogP contribution is -2.54. The molecule has 1 N–H and O–H groups in total. The van der Waals surface area contributed by atoms with Gasteiger partial charge in [-0.1, -0.05) is 58.4 Å². The second-order valence-corrected chi connectivity index (χ2v) is 9.79. The predicted molar refractivity (Wildman–Crippen MR) is 115 cm³/mol. The Morgan fingerprint density at radius 1 is 1.16 bits per heavy atom. The van der Waals surface area contributed by atoms with Gasteiger partial charge in [-0.25, -0.2) is 4.79 Å². The second kappa shape index (κ2) is 8.81. The molecule has 7 heteroatoms. The highest BCUT2D eigenvalue weighted by Crippen LogP contribution is 2.46. The van der Waals surface area contributed by atoms with E-state index in [-0.39, 0.29) is 23.0 Å². The number of carbonyl (C=O) groups is 4. The monoisotopic (exact) mass is 428 g/mol. The zero-order chi connectivity index (χ0) is 22.8. The number of benzene rings is 1. The normalized spacial score (nSPS) is 24.9. The molecule has 3 amide bonds. The summed E-state index contributed by atoms with van der Waals surface area (Å²) in [5, 5.41) is 2.83. The van der Waals surface area contributed by atoms with Crippen LogP contribution in [0, 0.1) is 11.3 Å². The number of ether oxygens (including phenoxy) is 1. The highest BCUT2D eigenvalue weighted by atomic mass is 16.5. The van der Waals surface area contributed by atoms with Crippen molar-refractivity contribution < 1.29 is 23.9 Å². The van der Waals surface area contributed by atoms with Gasteiger partial charge in [0, 0.05) is 5.56 Å². The molecule has 1 heterocycles. The Bertz CT molecular complexity index is 876. The SMILES string of the molecule is CCCc1ccc(C(=O)COC(=O)CN2C(=O)N[C@@]3(C[C@@H](C)CC(C)(C)C3)C2=O)cc1. The number of imide groups is 1.